The van der Waals surface area contributed by atoms with Crippen molar-refractivity contribution in [3.63, 3.8) is 0 Å². The lowest BCUT2D eigenvalue weighted by Crippen LogP contribution is -2.49. The molecule has 0 radical (unpaired) electrons. The molecule has 0 spiro atoms. The smallest absolute Gasteiger partial charge is 0.238 e. The first kappa shape index (κ1) is 19.8. The molecule has 0 bridgehead atoms. The predicted octanol–water partition coefficient (Wildman–Crippen LogP) is 3.77. The van der Waals surface area contributed by atoms with Crippen molar-refractivity contribution < 1.29 is 9.53 Å². The van der Waals surface area contributed by atoms with E-state index in [1.807, 2.05) is 42.3 Å². The minimum absolute atomic E-state index is 0.195. The fourth-order valence-corrected chi connectivity index (χ4v) is 4.53. The van der Waals surface area contributed by atoms with Crippen LogP contribution in [0.4, 0.5) is 0 Å². The standard InChI is InChI=1S/C23H30N4O2/c1-17-5-3-7-21(13-17)29-23-15-24-14-22(25-23)19-6-4-10-27(16-19)20-8-11-26(12-9-20)18(2)28/h3,5,7,13-15,19-20H,4,6,8-12,16H2,1-2H3/t19-/m0/s1. The van der Waals surface area contributed by atoms with Crippen molar-refractivity contribution in [2.75, 3.05) is 26.2 Å². The highest BCUT2D eigenvalue weighted by Gasteiger charge is 2.30. The Bertz CT molecular complexity index is 848. The zero-order valence-corrected chi connectivity index (χ0v) is 17.4. The lowest BCUT2D eigenvalue weighted by molar-refractivity contribution is -0.130. The average molecular weight is 395 g/mol. The molecule has 2 aliphatic heterocycles. The molecule has 0 aliphatic carbocycles. The van der Waals surface area contributed by atoms with Gasteiger partial charge in [-0.1, -0.05) is 12.1 Å². The fraction of sp³-hybridized carbons (Fsp3) is 0.522. The van der Waals surface area contributed by atoms with Crippen molar-refractivity contribution in [3.05, 3.63) is 47.9 Å². The third kappa shape index (κ3) is 4.93. The Labute approximate surface area is 172 Å². The fourth-order valence-electron chi connectivity index (χ4n) is 4.53. The van der Waals surface area contributed by atoms with Crippen LogP contribution in [0.15, 0.2) is 36.7 Å². The maximum Gasteiger partial charge on any atom is 0.238 e. The number of carbonyl (C=O) groups is 1. The zero-order chi connectivity index (χ0) is 20.2. The van der Waals surface area contributed by atoms with Gasteiger partial charge in [0.2, 0.25) is 11.8 Å². The molecular formula is C23H30N4O2. The van der Waals surface area contributed by atoms with Crippen LogP contribution in [0.3, 0.4) is 0 Å². The van der Waals surface area contributed by atoms with Crippen molar-refractivity contribution in [2.45, 2.75) is 51.5 Å². The Balaban J connectivity index is 1.40. The van der Waals surface area contributed by atoms with Crippen LogP contribution in [0.5, 0.6) is 11.6 Å². The van der Waals surface area contributed by atoms with Gasteiger partial charge in [-0.2, -0.15) is 0 Å². The Hall–Kier alpha value is -2.47. The molecule has 0 saturated carbocycles. The van der Waals surface area contributed by atoms with E-state index in [2.05, 4.69) is 9.88 Å². The van der Waals surface area contributed by atoms with Crippen molar-refractivity contribution >= 4 is 5.91 Å². The number of nitrogens with zero attached hydrogens (tertiary/aromatic N) is 4. The lowest BCUT2D eigenvalue weighted by Gasteiger charge is -2.42. The molecule has 3 heterocycles. The van der Waals surface area contributed by atoms with Gasteiger partial charge in [0.1, 0.15) is 5.75 Å². The van der Waals surface area contributed by atoms with E-state index in [1.165, 1.54) is 6.42 Å². The molecule has 1 amide bonds. The Morgan fingerprint density at radius 3 is 2.72 bits per heavy atom. The number of rotatable bonds is 4. The first-order valence-corrected chi connectivity index (χ1v) is 10.6. The molecule has 2 saturated heterocycles. The van der Waals surface area contributed by atoms with Crippen molar-refractivity contribution in [1.82, 2.24) is 19.8 Å². The van der Waals surface area contributed by atoms with E-state index in [0.717, 1.165) is 62.4 Å². The quantitative estimate of drug-likeness (QED) is 0.790. The summed E-state index contributed by atoms with van der Waals surface area (Å²) in [5.41, 5.74) is 2.17. The minimum atomic E-state index is 0.195. The summed E-state index contributed by atoms with van der Waals surface area (Å²) >= 11 is 0. The first-order chi connectivity index (χ1) is 14.1. The minimum Gasteiger partial charge on any atom is -0.437 e. The molecule has 2 aliphatic rings. The number of ether oxygens (including phenoxy) is 1. The summed E-state index contributed by atoms with van der Waals surface area (Å²) in [5, 5.41) is 0. The van der Waals surface area contributed by atoms with Crippen LogP contribution in [0, 0.1) is 6.92 Å². The first-order valence-electron chi connectivity index (χ1n) is 10.6. The molecular weight excluding hydrogens is 364 g/mol. The molecule has 154 valence electrons. The van der Waals surface area contributed by atoms with Crippen LogP contribution < -0.4 is 4.74 Å². The summed E-state index contributed by atoms with van der Waals surface area (Å²) in [6.07, 6.45) is 8.00. The SMILES string of the molecule is CC(=O)N1CCC(N2CCC[C@H](c3cncc(Oc4cccc(C)c4)n3)C2)CC1. The Kier molecular flexibility index (Phi) is 6.09. The summed E-state index contributed by atoms with van der Waals surface area (Å²) in [4.78, 5) is 25.3. The predicted molar refractivity (Wildman–Crippen MR) is 112 cm³/mol. The van der Waals surface area contributed by atoms with Gasteiger partial charge < -0.3 is 9.64 Å². The molecule has 6 nitrogen and oxygen atoms in total. The van der Waals surface area contributed by atoms with Crippen LogP contribution in [-0.4, -0.2) is 57.9 Å². The van der Waals surface area contributed by atoms with Gasteiger partial charge in [-0.25, -0.2) is 4.98 Å². The average Bonchev–Trinajstić information content (AvgIpc) is 2.74. The van der Waals surface area contributed by atoms with Gasteiger partial charge >= 0.3 is 0 Å². The summed E-state index contributed by atoms with van der Waals surface area (Å²) in [7, 11) is 0. The number of aromatic nitrogens is 2. The number of hydrogen-bond donors (Lipinski definition) is 0. The Morgan fingerprint density at radius 2 is 1.97 bits per heavy atom. The van der Waals surface area contributed by atoms with Gasteiger partial charge in [-0.05, 0) is 56.8 Å². The maximum absolute atomic E-state index is 11.6. The monoisotopic (exact) mass is 394 g/mol. The van der Waals surface area contributed by atoms with E-state index < -0.39 is 0 Å². The second kappa shape index (κ2) is 8.91. The van der Waals surface area contributed by atoms with Gasteiger partial charge in [0.25, 0.3) is 0 Å². The molecule has 4 rings (SSSR count). The van der Waals surface area contributed by atoms with E-state index in [1.54, 1.807) is 13.1 Å². The van der Waals surface area contributed by atoms with Crippen molar-refractivity contribution in [2.24, 2.45) is 0 Å². The van der Waals surface area contributed by atoms with Gasteiger partial charge in [0.05, 0.1) is 11.9 Å². The number of amides is 1. The molecule has 29 heavy (non-hydrogen) atoms. The van der Waals surface area contributed by atoms with Crippen molar-refractivity contribution in [1.29, 1.82) is 0 Å². The van der Waals surface area contributed by atoms with Gasteiger partial charge in [0.15, 0.2) is 0 Å². The summed E-state index contributed by atoms with van der Waals surface area (Å²) in [6.45, 7) is 7.61. The van der Waals surface area contributed by atoms with E-state index in [0.29, 0.717) is 17.8 Å². The molecule has 2 fully saturated rings. The van der Waals surface area contributed by atoms with Crippen LogP contribution in [-0.2, 0) is 4.79 Å². The summed E-state index contributed by atoms with van der Waals surface area (Å²) in [5.74, 6) is 1.92. The third-order valence-corrected chi connectivity index (χ3v) is 6.14. The number of benzene rings is 1. The molecule has 0 N–H and O–H groups in total. The number of likely N-dealkylation sites (tertiary alicyclic amines) is 2. The van der Waals surface area contributed by atoms with E-state index in [9.17, 15) is 4.79 Å². The maximum atomic E-state index is 11.6. The normalized spacial score (nSPS) is 21.2. The second-order valence-electron chi connectivity index (χ2n) is 8.27. The molecule has 1 atom stereocenters. The third-order valence-electron chi connectivity index (χ3n) is 6.14. The Morgan fingerprint density at radius 1 is 1.14 bits per heavy atom. The van der Waals surface area contributed by atoms with E-state index >= 15 is 0 Å². The highest BCUT2D eigenvalue weighted by Crippen LogP contribution is 2.30. The highest BCUT2D eigenvalue weighted by molar-refractivity contribution is 5.73. The number of piperidine rings is 2. The topological polar surface area (TPSA) is 58.6 Å². The number of hydrogen-bond acceptors (Lipinski definition) is 5. The second-order valence-corrected chi connectivity index (χ2v) is 8.27. The van der Waals surface area contributed by atoms with Crippen LogP contribution in [0.1, 0.15) is 49.8 Å². The molecule has 0 unspecified atom stereocenters. The molecule has 1 aromatic carbocycles. The van der Waals surface area contributed by atoms with Crippen LogP contribution in [0.25, 0.3) is 0 Å². The largest absolute Gasteiger partial charge is 0.437 e. The highest BCUT2D eigenvalue weighted by atomic mass is 16.5. The zero-order valence-electron chi connectivity index (χ0n) is 17.4. The molecule has 2 aromatic rings. The molecule has 1 aromatic heterocycles. The van der Waals surface area contributed by atoms with Crippen LogP contribution in [0.2, 0.25) is 0 Å². The number of carbonyl (C=O) groups excluding carboxylic acids is 1. The summed E-state index contributed by atoms with van der Waals surface area (Å²) in [6, 6.07) is 8.54. The lowest BCUT2D eigenvalue weighted by atomic mass is 9.92. The van der Waals surface area contributed by atoms with Gasteiger partial charge in [0, 0.05) is 44.7 Å². The van der Waals surface area contributed by atoms with Crippen LogP contribution >= 0.6 is 0 Å². The van der Waals surface area contributed by atoms with Gasteiger partial charge in [-0.15, -0.1) is 0 Å². The van der Waals surface area contributed by atoms with Gasteiger partial charge in [-0.3, -0.25) is 14.7 Å². The molecule has 6 heteroatoms. The number of aryl methyl sites for hydroxylation is 1. The van der Waals surface area contributed by atoms with E-state index in [-0.39, 0.29) is 5.91 Å². The summed E-state index contributed by atoms with van der Waals surface area (Å²) < 4.78 is 5.94. The van der Waals surface area contributed by atoms with Crippen molar-refractivity contribution in [3.8, 4) is 11.6 Å². The van der Waals surface area contributed by atoms with E-state index in [4.69, 9.17) is 9.72 Å².